The third-order valence-electron chi connectivity index (χ3n) is 2.38. The van der Waals surface area contributed by atoms with E-state index in [0.717, 1.165) is 26.1 Å². The highest BCUT2D eigenvalue weighted by Gasteiger charge is 1.92. The Morgan fingerprint density at radius 1 is 1.19 bits per heavy atom. The van der Waals surface area contributed by atoms with Crippen LogP contribution in [0, 0.1) is 0 Å². The normalized spacial score (nSPS) is 12.1. The molecule has 0 saturated carbocycles. The molecule has 4 heteroatoms. The van der Waals surface area contributed by atoms with Gasteiger partial charge in [0.1, 0.15) is 0 Å². The van der Waals surface area contributed by atoms with Crippen molar-refractivity contribution in [1.29, 1.82) is 0 Å². The Morgan fingerprint density at radius 3 is 2.56 bits per heavy atom. The quantitative estimate of drug-likeness (QED) is 0.356. The molecule has 0 aliphatic rings. The van der Waals surface area contributed by atoms with E-state index >= 15 is 0 Å². The molecule has 0 aromatic carbocycles. The van der Waals surface area contributed by atoms with Crippen LogP contribution in [0.5, 0.6) is 0 Å². The van der Waals surface area contributed by atoms with Gasteiger partial charge in [-0.05, 0) is 33.5 Å². The number of aliphatic imine (C=N–C) groups is 1. The van der Waals surface area contributed by atoms with Crippen LogP contribution in [0.25, 0.3) is 0 Å². The second-order valence-electron chi connectivity index (χ2n) is 4.41. The van der Waals surface area contributed by atoms with E-state index in [1.165, 1.54) is 25.7 Å². The van der Waals surface area contributed by atoms with Crippen LogP contribution >= 0.6 is 0 Å². The number of nitrogens with zero attached hydrogens (tertiary/aromatic N) is 2. The van der Waals surface area contributed by atoms with Gasteiger partial charge in [-0.1, -0.05) is 26.2 Å². The number of hydrogen-bond donors (Lipinski definition) is 2. The minimum Gasteiger partial charge on any atom is -0.370 e. The van der Waals surface area contributed by atoms with Gasteiger partial charge >= 0.3 is 0 Å². The van der Waals surface area contributed by atoms with Crippen LogP contribution in [0.3, 0.4) is 0 Å². The first-order valence-electron chi connectivity index (χ1n) is 6.35. The summed E-state index contributed by atoms with van der Waals surface area (Å²) in [4.78, 5) is 6.43. The molecule has 0 radical (unpaired) electrons. The molecule has 3 N–H and O–H groups in total. The first-order chi connectivity index (χ1) is 7.66. The van der Waals surface area contributed by atoms with Crippen molar-refractivity contribution in [2.24, 2.45) is 10.7 Å². The van der Waals surface area contributed by atoms with Crippen LogP contribution in [-0.2, 0) is 0 Å². The number of unbranched alkanes of at least 4 members (excludes halogenated alkanes) is 3. The van der Waals surface area contributed by atoms with Crippen molar-refractivity contribution in [2.45, 2.75) is 39.0 Å². The second-order valence-corrected chi connectivity index (χ2v) is 4.41. The van der Waals surface area contributed by atoms with Gasteiger partial charge in [-0.3, -0.25) is 4.99 Å². The minimum atomic E-state index is 0.593. The Hall–Kier alpha value is -0.770. The van der Waals surface area contributed by atoms with Crippen molar-refractivity contribution in [2.75, 3.05) is 33.7 Å². The van der Waals surface area contributed by atoms with Crippen LogP contribution in [0.2, 0.25) is 0 Å². The third kappa shape index (κ3) is 11.3. The average molecular weight is 228 g/mol. The van der Waals surface area contributed by atoms with Crippen LogP contribution < -0.4 is 11.1 Å². The van der Waals surface area contributed by atoms with E-state index in [-0.39, 0.29) is 0 Å². The van der Waals surface area contributed by atoms with E-state index in [9.17, 15) is 0 Å². The van der Waals surface area contributed by atoms with Gasteiger partial charge in [0.15, 0.2) is 5.96 Å². The topological polar surface area (TPSA) is 53.6 Å². The van der Waals surface area contributed by atoms with Crippen LogP contribution in [0.1, 0.15) is 39.0 Å². The number of hydrogen-bond acceptors (Lipinski definition) is 2. The lowest BCUT2D eigenvalue weighted by atomic mass is 10.2. The molecule has 96 valence electrons. The molecule has 0 spiro atoms. The molecule has 0 bridgehead atoms. The third-order valence-corrected chi connectivity index (χ3v) is 2.38. The zero-order valence-corrected chi connectivity index (χ0v) is 11.1. The van der Waals surface area contributed by atoms with Gasteiger partial charge < -0.3 is 16.0 Å². The Bertz CT molecular complexity index is 178. The molecule has 0 aromatic heterocycles. The smallest absolute Gasteiger partial charge is 0.188 e. The van der Waals surface area contributed by atoms with Crippen molar-refractivity contribution in [3.05, 3.63) is 0 Å². The monoisotopic (exact) mass is 228 g/mol. The van der Waals surface area contributed by atoms with E-state index in [1.54, 1.807) is 0 Å². The van der Waals surface area contributed by atoms with E-state index < -0.39 is 0 Å². The lowest BCUT2D eigenvalue weighted by Gasteiger charge is -2.08. The summed E-state index contributed by atoms with van der Waals surface area (Å²) in [6, 6.07) is 0. The van der Waals surface area contributed by atoms with Crippen LogP contribution in [-0.4, -0.2) is 44.6 Å². The molecule has 0 atom stereocenters. The number of nitrogens with one attached hydrogen (secondary N) is 1. The summed E-state index contributed by atoms with van der Waals surface area (Å²) in [6.07, 6.45) is 6.10. The van der Waals surface area contributed by atoms with Gasteiger partial charge in [0.2, 0.25) is 0 Å². The maximum atomic E-state index is 5.73. The standard InChI is InChI=1S/C12H28N4/c1-4-5-6-7-9-14-12(13)15-10-8-11-16(2)3/h4-11H2,1-3H3,(H3,13,14,15). The fourth-order valence-corrected chi connectivity index (χ4v) is 1.41. The molecule has 0 amide bonds. The van der Waals surface area contributed by atoms with Crippen LogP contribution in [0.4, 0.5) is 0 Å². The molecular weight excluding hydrogens is 200 g/mol. The molecule has 4 nitrogen and oxygen atoms in total. The molecule has 0 aliphatic heterocycles. The lowest BCUT2D eigenvalue weighted by molar-refractivity contribution is 0.403. The number of rotatable bonds is 9. The van der Waals surface area contributed by atoms with Gasteiger partial charge in [-0.2, -0.15) is 0 Å². The lowest BCUT2D eigenvalue weighted by Crippen LogP contribution is -2.32. The highest BCUT2D eigenvalue weighted by atomic mass is 15.1. The molecular formula is C12H28N4. The fraction of sp³-hybridized carbons (Fsp3) is 0.917. The molecule has 0 rings (SSSR count). The molecule has 0 saturated heterocycles. The average Bonchev–Trinajstić information content (AvgIpc) is 2.24. The Balaban J connectivity index is 3.34. The zero-order chi connectivity index (χ0) is 12.2. The summed E-state index contributed by atoms with van der Waals surface area (Å²) in [5.41, 5.74) is 5.73. The predicted molar refractivity (Wildman–Crippen MR) is 71.8 cm³/mol. The Morgan fingerprint density at radius 2 is 1.94 bits per heavy atom. The van der Waals surface area contributed by atoms with Gasteiger partial charge in [-0.15, -0.1) is 0 Å². The first kappa shape index (κ1) is 15.2. The van der Waals surface area contributed by atoms with Gasteiger partial charge in [0.05, 0.1) is 0 Å². The minimum absolute atomic E-state index is 0.593. The maximum absolute atomic E-state index is 5.73. The summed E-state index contributed by atoms with van der Waals surface area (Å²) in [6.45, 7) is 5.04. The Kier molecular flexibility index (Phi) is 10.2. The summed E-state index contributed by atoms with van der Waals surface area (Å²) in [5, 5.41) is 3.14. The van der Waals surface area contributed by atoms with Crippen LogP contribution in [0.15, 0.2) is 4.99 Å². The molecule has 0 aliphatic carbocycles. The van der Waals surface area contributed by atoms with E-state index in [2.05, 4.69) is 36.2 Å². The SMILES string of the molecule is CCCCCCNC(N)=NCCCN(C)C. The summed E-state index contributed by atoms with van der Waals surface area (Å²) < 4.78 is 0. The van der Waals surface area contributed by atoms with Crippen molar-refractivity contribution < 1.29 is 0 Å². The maximum Gasteiger partial charge on any atom is 0.188 e. The van der Waals surface area contributed by atoms with Crippen molar-refractivity contribution in [3.63, 3.8) is 0 Å². The molecule has 0 fully saturated rings. The number of nitrogens with two attached hydrogens (primary N) is 1. The second kappa shape index (κ2) is 10.7. The summed E-state index contributed by atoms with van der Waals surface area (Å²) in [5.74, 6) is 0.593. The van der Waals surface area contributed by atoms with Crippen molar-refractivity contribution in [3.8, 4) is 0 Å². The van der Waals surface area contributed by atoms with Gasteiger partial charge in [-0.25, -0.2) is 0 Å². The molecule has 16 heavy (non-hydrogen) atoms. The van der Waals surface area contributed by atoms with E-state index in [4.69, 9.17) is 5.73 Å². The first-order valence-corrected chi connectivity index (χ1v) is 6.35. The predicted octanol–water partition coefficient (Wildman–Crippen LogP) is 1.42. The van der Waals surface area contributed by atoms with Gasteiger partial charge in [0, 0.05) is 13.1 Å². The van der Waals surface area contributed by atoms with Gasteiger partial charge in [0.25, 0.3) is 0 Å². The van der Waals surface area contributed by atoms with E-state index in [1.807, 2.05) is 0 Å². The molecule has 0 aromatic rings. The molecule has 0 unspecified atom stereocenters. The van der Waals surface area contributed by atoms with Crippen molar-refractivity contribution >= 4 is 5.96 Å². The largest absolute Gasteiger partial charge is 0.370 e. The molecule has 0 heterocycles. The number of guanidine groups is 1. The van der Waals surface area contributed by atoms with Crippen molar-refractivity contribution in [1.82, 2.24) is 10.2 Å². The highest BCUT2D eigenvalue weighted by Crippen LogP contribution is 1.96. The fourth-order valence-electron chi connectivity index (χ4n) is 1.41. The zero-order valence-electron chi connectivity index (χ0n) is 11.1. The van der Waals surface area contributed by atoms with E-state index in [0.29, 0.717) is 5.96 Å². The highest BCUT2D eigenvalue weighted by molar-refractivity contribution is 5.77. The summed E-state index contributed by atoms with van der Waals surface area (Å²) >= 11 is 0. The summed E-state index contributed by atoms with van der Waals surface area (Å²) in [7, 11) is 4.14. The Labute approximate surface area is 100 Å².